The highest BCUT2D eigenvalue weighted by Crippen LogP contribution is 2.32. The van der Waals surface area contributed by atoms with E-state index >= 15 is 0 Å². The Balaban J connectivity index is 1.92. The number of Topliss-reactive ketones (excluding diaryl/α,β-unsaturated/α-hetero) is 1. The molecule has 1 aromatic rings. The van der Waals surface area contributed by atoms with Gasteiger partial charge < -0.3 is 20.1 Å². The van der Waals surface area contributed by atoms with Crippen LogP contribution in [0.5, 0.6) is 5.75 Å². The fraction of sp³-hybridized carbons (Fsp3) is 0.375. The molecule has 128 valence electrons. The summed E-state index contributed by atoms with van der Waals surface area (Å²) in [6.07, 6.45) is -0.193. The number of likely N-dealkylation sites (N-methyl/N-ethyl adjacent to an activating group) is 1. The molecule has 1 aliphatic rings. The molecule has 1 heterocycles. The number of benzene rings is 1. The predicted molar refractivity (Wildman–Crippen MR) is 84.2 cm³/mol. The van der Waals surface area contributed by atoms with Crippen LogP contribution in [-0.4, -0.2) is 48.9 Å². The highest BCUT2D eigenvalue weighted by atomic mass is 16.5. The molecule has 1 aliphatic heterocycles. The molecule has 2 N–H and O–H groups in total. The number of anilines is 1. The number of carboxylic acids is 1. The maximum absolute atomic E-state index is 12.2. The van der Waals surface area contributed by atoms with Crippen molar-refractivity contribution in [1.82, 2.24) is 5.32 Å². The van der Waals surface area contributed by atoms with E-state index in [1.807, 2.05) is 0 Å². The summed E-state index contributed by atoms with van der Waals surface area (Å²) in [6.45, 7) is -0.00124. The number of aliphatic carboxylic acids is 1. The molecule has 8 nitrogen and oxygen atoms in total. The number of carbonyl (C=O) groups excluding carboxylic acids is 3. The lowest BCUT2D eigenvalue weighted by atomic mass is 10.0. The second-order valence-corrected chi connectivity index (χ2v) is 5.34. The molecule has 24 heavy (non-hydrogen) atoms. The van der Waals surface area contributed by atoms with Gasteiger partial charge in [0.15, 0.2) is 12.4 Å². The molecule has 0 atom stereocenters. The third-order valence-electron chi connectivity index (χ3n) is 3.61. The van der Waals surface area contributed by atoms with Crippen molar-refractivity contribution in [1.29, 1.82) is 0 Å². The van der Waals surface area contributed by atoms with Gasteiger partial charge in [-0.25, -0.2) is 0 Å². The third kappa shape index (κ3) is 4.31. The normalized spacial score (nSPS) is 13.0. The molecule has 0 bridgehead atoms. The van der Waals surface area contributed by atoms with Crippen LogP contribution >= 0.6 is 0 Å². The van der Waals surface area contributed by atoms with Crippen LogP contribution in [0.25, 0.3) is 0 Å². The minimum atomic E-state index is -0.999. The smallest absolute Gasteiger partial charge is 0.305 e. The number of ether oxygens (including phenoxy) is 1. The Morgan fingerprint density at radius 1 is 1.25 bits per heavy atom. The van der Waals surface area contributed by atoms with Crippen molar-refractivity contribution in [2.45, 2.75) is 19.3 Å². The van der Waals surface area contributed by atoms with Gasteiger partial charge in [-0.2, -0.15) is 0 Å². The van der Waals surface area contributed by atoms with Crippen LogP contribution in [0.3, 0.4) is 0 Å². The maximum atomic E-state index is 12.2. The van der Waals surface area contributed by atoms with Crippen LogP contribution in [0.1, 0.15) is 29.6 Å². The van der Waals surface area contributed by atoms with Crippen molar-refractivity contribution in [2.75, 3.05) is 25.1 Å². The maximum Gasteiger partial charge on any atom is 0.305 e. The van der Waals surface area contributed by atoms with E-state index in [-0.39, 0.29) is 50.0 Å². The van der Waals surface area contributed by atoms with E-state index < -0.39 is 5.97 Å². The molecular formula is C16H18N2O6. The zero-order valence-corrected chi connectivity index (χ0v) is 13.2. The second-order valence-electron chi connectivity index (χ2n) is 5.34. The Kier molecular flexibility index (Phi) is 5.51. The fourth-order valence-electron chi connectivity index (χ4n) is 2.21. The van der Waals surface area contributed by atoms with Crippen molar-refractivity contribution in [3.8, 4) is 5.75 Å². The number of carboxylic acid groups (broad SMARTS) is 1. The first-order valence-electron chi connectivity index (χ1n) is 7.43. The summed E-state index contributed by atoms with van der Waals surface area (Å²) in [5, 5.41) is 10.9. The highest BCUT2D eigenvalue weighted by Gasteiger charge is 2.23. The lowest BCUT2D eigenvalue weighted by Gasteiger charge is -2.26. The Morgan fingerprint density at radius 2 is 2.00 bits per heavy atom. The van der Waals surface area contributed by atoms with Crippen LogP contribution in [0.15, 0.2) is 18.2 Å². The zero-order valence-electron chi connectivity index (χ0n) is 13.2. The molecule has 0 saturated carbocycles. The van der Waals surface area contributed by atoms with Gasteiger partial charge in [0.05, 0.1) is 12.1 Å². The SMILES string of the molecule is CN1C(=O)COc2ccc(C(=O)CCC(=O)NCCC(=O)O)cc21. The Morgan fingerprint density at radius 3 is 2.71 bits per heavy atom. The van der Waals surface area contributed by atoms with Crippen molar-refractivity contribution in [3.63, 3.8) is 0 Å². The Hall–Kier alpha value is -2.90. The van der Waals surface area contributed by atoms with E-state index in [0.29, 0.717) is 17.0 Å². The molecule has 0 saturated heterocycles. The topological polar surface area (TPSA) is 113 Å². The van der Waals surface area contributed by atoms with Crippen LogP contribution in [0, 0.1) is 0 Å². The second kappa shape index (κ2) is 7.58. The summed E-state index contributed by atoms with van der Waals surface area (Å²) >= 11 is 0. The van der Waals surface area contributed by atoms with Gasteiger partial charge in [-0.1, -0.05) is 0 Å². The van der Waals surface area contributed by atoms with E-state index in [1.54, 1.807) is 25.2 Å². The quantitative estimate of drug-likeness (QED) is 0.706. The standard InChI is InChI=1S/C16H18N2O6/c1-18-11-8-10(2-4-13(11)24-9-15(18)21)12(19)3-5-14(20)17-7-6-16(22)23/h2,4,8H,3,5-7,9H2,1H3,(H,17,20)(H,22,23). The predicted octanol–water partition coefficient (Wildman–Crippen LogP) is 0.596. The summed E-state index contributed by atoms with van der Waals surface area (Å²) in [5.41, 5.74) is 0.903. The van der Waals surface area contributed by atoms with Gasteiger partial charge in [0.25, 0.3) is 5.91 Å². The van der Waals surface area contributed by atoms with E-state index in [4.69, 9.17) is 9.84 Å². The number of nitrogens with one attached hydrogen (secondary N) is 1. The summed E-state index contributed by atoms with van der Waals surface area (Å²) < 4.78 is 5.29. The lowest BCUT2D eigenvalue weighted by Crippen LogP contribution is -2.35. The molecular weight excluding hydrogens is 316 g/mol. The van der Waals surface area contributed by atoms with Gasteiger partial charge in [-0.15, -0.1) is 0 Å². The van der Waals surface area contributed by atoms with Gasteiger partial charge >= 0.3 is 5.97 Å². The fourth-order valence-corrected chi connectivity index (χ4v) is 2.21. The molecule has 1 aromatic carbocycles. The minimum absolute atomic E-state index is 0.00376. The number of ketones is 1. The number of hydrogen-bond donors (Lipinski definition) is 2. The van der Waals surface area contributed by atoms with Gasteiger partial charge in [-0.3, -0.25) is 19.2 Å². The number of nitrogens with zero attached hydrogens (tertiary/aromatic N) is 1. The molecule has 0 fully saturated rings. The lowest BCUT2D eigenvalue weighted by molar-refractivity contribution is -0.137. The first-order valence-corrected chi connectivity index (χ1v) is 7.43. The molecule has 0 unspecified atom stereocenters. The van der Waals surface area contributed by atoms with Crippen LogP contribution in [0.4, 0.5) is 5.69 Å². The zero-order chi connectivity index (χ0) is 17.7. The average molecular weight is 334 g/mol. The van der Waals surface area contributed by atoms with Crippen molar-refractivity contribution < 1.29 is 29.0 Å². The number of carbonyl (C=O) groups is 4. The summed E-state index contributed by atoms with van der Waals surface area (Å²) in [6, 6.07) is 4.78. The van der Waals surface area contributed by atoms with Crippen molar-refractivity contribution >= 4 is 29.3 Å². The first-order chi connectivity index (χ1) is 11.4. The molecule has 8 heteroatoms. The van der Waals surface area contributed by atoms with Gasteiger partial charge in [0.2, 0.25) is 5.91 Å². The van der Waals surface area contributed by atoms with Crippen LogP contribution < -0.4 is 15.0 Å². The highest BCUT2D eigenvalue weighted by molar-refractivity contribution is 6.02. The third-order valence-corrected chi connectivity index (χ3v) is 3.61. The minimum Gasteiger partial charge on any atom is -0.482 e. The van der Waals surface area contributed by atoms with E-state index in [1.165, 1.54) is 4.90 Å². The van der Waals surface area contributed by atoms with Crippen LogP contribution in [-0.2, 0) is 14.4 Å². The molecule has 2 rings (SSSR count). The molecule has 0 spiro atoms. The number of amides is 2. The molecule has 2 amide bonds. The molecule has 0 aromatic heterocycles. The molecule has 0 radical (unpaired) electrons. The monoisotopic (exact) mass is 334 g/mol. The van der Waals surface area contributed by atoms with Crippen molar-refractivity contribution in [3.05, 3.63) is 23.8 Å². The van der Waals surface area contributed by atoms with E-state index in [2.05, 4.69) is 5.32 Å². The number of fused-ring (bicyclic) bond motifs is 1. The van der Waals surface area contributed by atoms with Gasteiger partial charge in [0.1, 0.15) is 5.75 Å². The van der Waals surface area contributed by atoms with Gasteiger partial charge in [0, 0.05) is 32.0 Å². The van der Waals surface area contributed by atoms with Gasteiger partial charge in [-0.05, 0) is 18.2 Å². The first kappa shape index (κ1) is 17.5. The van der Waals surface area contributed by atoms with Crippen LogP contribution in [0.2, 0.25) is 0 Å². The molecule has 0 aliphatic carbocycles. The summed E-state index contributed by atoms with van der Waals surface area (Å²) in [4.78, 5) is 47.1. The Labute approximate surface area is 138 Å². The van der Waals surface area contributed by atoms with E-state index in [0.717, 1.165) is 0 Å². The van der Waals surface area contributed by atoms with E-state index in [9.17, 15) is 19.2 Å². The van der Waals surface area contributed by atoms with Crippen molar-refractivity contribution in [2.24, 2.45) is 0 Å². The average Bonchev–Trinajstić information content (AvgIpc) is 2.55. The summed E-state index contributed by atoms with van der Waals surface area (Å²) in [5.74, 6) is -1.29. The largest absolute Gasteiger partial charge is 0.482 e. The number of rotatable bonds is 7. The summed E-state index contributed by atoms with van der Waals surface area (Å²) in [7, 11) is 1.60. The Bertz CT molecular complexity index is 685. The number of hydrogen-bond acceptors (Lipinski definition) is 5.